The van der Waals surface area contributed by atoms with E-state index < -0.39 is 19.9 Å². The third-order valence-electron chi connectivity index (χ3n) is 4.77. The molecule has 0 unspecified atom stereocenters. The van der Waals surface area contributed by atoms with E-state index in [0.29, 0.717) is 0 Å². The van der Waals surface area contributed by atoms with Crippen LogP contribution in [-0.4, -0.2) is 23.1 Å². The molecule has 7 heteroatoms. The Hall–Kier alpha value is -1.70. The Morgan fingerprint density at radius 3 is 2.04 bits per heavy atom. The van der Waals surface area contributed by atoms with Crippen molar-refractivity contribution in [3.63, 3.8) is 0 Å². The first kappa shape index (κ1) is 19.1. The van der Waals surface area contributed by atoms with E-state index in [1.807, 2.05) is 13.0 Å². The summed E-state index contributed by atoms with van der Waals surface area (Å²) in [6.45, 7) is 1.81. The monoisotopic (exact) mass is 393 g/mol. The van der Waals surface area contributed by atoms with Gasteiger partial charge in [0.15, 0.2) is 9.84 Å². The van der Waals surface area contributed by atoms with E-state index in [4.69, 9.17) is 0 Å². The summed E-state index contributed by atoms with van der Waals surface area (Å²) in [6, 6.07) is 11.0. The Balaban J connectivity index is 1.80. The van der Waals surface area contributed by atoms with Crippen LogP contribution in [0.3, 0.4) is 0 Å². The number of sulfone groups is 1. The summed E-state index contributed by atoms with van der Waals surface area (Å²) >= 11 is 0. The van der Waals surface area contributed by atoms with Gasteiger partial charge in [0.1, 0.15) is 0 Å². The molecule has 1 atom stereocenters. The van der Waals surface area contributed by atoms with Gasteiger partial charge < -0.3 is 0 Å². The molecule has 0 fully saturated rings. The largest absolute Gasteiger partial charge is 0.241 e. The maximum atomic E-state index is 12.6. The van der Waals surface area contributed by atoms with Gasteiger partial charge in [0.25, 0.3) is 0 Å². The van der Waals surface area contributed by atoms with E-state index in [2.05, 4.69) is 16.9 Å². The maximum Gasteiger partial charge on any atom is 0.241 e. The summed E-state index contributed by atoms with van der Waals surface area (Å²) in [5, 5.41) is 0. The highest BCUT2D eigenvalue weighted by Crippen LogP contribution is 2.25. The van der Waals surface area contributed by atoms with Crippen LogP contribution in [0.1, 0.15) is 42.5 Å². The maximum absolute atomic E-state index is 12.6. The molecule has 2 aromatic carbocycles. The van der Waals surface area contributed by atoms with Crippen LogP contribution in [-0.2, 0) is 32.7 Å². The molecule has 0 saturated heterocycles. The van der Waals surface area contributed by atoms with Crippen LogP contribution in [0, 0.1) is 0 Å². The van der Waals surface area contributed by atoms with E-state index in [0.717, 1.165) is 24.7 Å². The van der Waals surface area contributed by atoms with E-state index >= 15 is 0 Å². The molecule has 5 nitrogen and oxygen atoms in total. The molecule has 1 aliphatic rings. The summed E-state index contributed by atoms with van der Waals surface area (Å²) in [4.78, 5) is 0.147. The van der Waals surface area contributed by atoms with Crippen molar-refractivity contribution >= 4 is 19.9 Å². The smallest absolute Gasteiger partial charge is 0.224 e. The van der Waals surface area contributed by atoms with Crippen LogP contribution in [0.2, 0.25) is 0 Å². The Labute approximate surface area is 155 Å². The second-order valence-corrected chi connectivity index (χ2v) is 10.6. The molecule has 1 aliphatic carbocycles. The van der Waals surface area contributed by atoms with Gasteiger partial charge in [-0.15, -0.1) is 0 Å². The lowest BCUT2D eigenvalue weighted by Crippen LogP contribution is -2.27. The molecule has 0 bridgehead atoms. The van der Waals surface area contributed by atoms with Crippen molar-refractivity contribution in [3.8, 4) is 0 Å². The molecule has 0 spiro atoms. The molecule has 0 aromatic heterocycles. The van der Waals surface area contributed by atoms with Gasteiger partial charge in [-0.3, -0.25) is 0 Å². The summed E-state index contributed by atoms with van der Waals surface area (Å²) in [5.74, 6) is 0. The Morgan fingerprint density at radius 2 is 1.42 bits per heavy atom. The number of sulfonamides is 1. The zero-order chi connectivity index (χ0) is 18.9. The summed E-state index contributed by atoms with van der Waals surface area (Å²) in [6.07, 6.45) is 5.59. The minimum atomic E-state index is -3.74. The molecule has 140 valence electrons. The predicted octanol–water partition coefficient (Wildman–Crippen LogP) is 3.01. The standard InChI is InChI=1S/C19H23NO4S2/c1-14(16-8-7-15-5-3-4-6-17(15)13-16)20-26(23,24)19-11-9-18(10-12-19)25(2,21)22/h7-14,20H,3-6H2,1-2H3/t14-/m0/s1. The quantitative estimate of drug-likeness (QED) is 0.847. The fraction of sp³-hybridized carbons (Fsp3) is 0.368. The number of aryl methyl sites for hydroxylation is 2. The van der Waals surface area contributed by atoms with E-state index in [1.54, 1.807) is 0 Å². The molecule has 26 heavy (non-hydrogen) atoms. The lowest BCUT2D eigenvalue weighted by molar-refractivity contribution is 0.566. The fourth-order valence-corrected chi connectivity index (χ4v) is 5.12. The molecular formula is C19H23NO4S2. The molecular weight excluding hydrogens is 370 g/mol. The lowest BCUT2D eigenvalue weighted by Gasteiger charge is -2.20. The van der Waals surface area contributed by atoms with Gasteiger partial charge >= 0.3 is 0 Å². The highest BCUT2D eigenvalue weighted by molar-refractivity contribution is 7.90. The molecule has 0 saturated carbocycles. The number of rotatable bonds is 5. The van der Waals surface area contributed by atoms with Crippen molar-refractivity contribution in [2.24, 2.45) is 0 Å². The number of benzene rings is 2. The highest BCUT2D eigenvalue weighted by atomic mass is 32.2. The molecule has 2 aromatic rings. The van der Waals surface area contributed by atoms with Gasteiger partial charge in [0.2, 0.25) is 10.0 Å². The summed E-state index contributed by atoms with van der Waals surface area (Å²) in [7, 11) is -7.09. The van der Waals surface area contributed by atoms with E-state index in [-0.39, 0.29) is 15.8 Å². The third kappa shape index (κ3) is 4.16. The normalized spacial score (nSPS) is 16.1. The molecule has 3 rings (SSSR count). The minimum Gasteiger partial charge on any atom is -0.224 e. The van der Waals surface area contributed by atoms with Crippen LogP contribution in [0.4, 0.5) is 0 Å². The van der Waals surface area contributed by atoms with Crippen molar-refractivity contribution in [2.75, 3.05) is 6.26 Å². The molecule has 0 amide bonds. The zero-order valence-electron chi connectivity index (χ0n) is 14.9. The Morgan fingerprint density at radius 1 is 0.846 bits per heavy atom. The number of nitrogens with one attached hydrogen (secondary N) is 1. The highest BCUT2D eigenvalue weighted by Gasteiger charge is 2.20. The van der Waals surface area contributed by atoms with Crippen LogP contribution < -0.4 is 4.72 Å². The van der Waals surface area contributed by atoms with Gasteiger partial charge in [0, 0.05) is 12.3 Å². The van der Waals surface area contributed by atoms with Gasteiger partial charge in [-0.2, -0.15) is 0 Å². The van der Waals surface area contributed by atoms with Crippen molar-refractivity contribution in [3.05, 3.63) is 59.2 Å². The van der Waals surface area contributed by atoms with Crippen molar-refractivity contribution in [2.45, 2.75) is 48.4 Å². The molecule has 0 heterocycles. The Kier molecular flexibility index (Phi) is 5.23. The first-order valence-corrected chi connectivity index (χ1v) is 12.0. The van der Waals surface area contributed by atoms with Crippen LogP contribution >= 0.6 is 0 Å². The first-order valence-electron chi connectivity index (χ1n) is 8.61. The molecule has 0 radical (unpaired) electrons. The first-order chi connectivity index (χ1) is 12.2. The minimum absolute atomic E-state index is 0.0507. The van der Waals surface area contributed by atoms with Crippen LogP contribution in [0.15, 0.2) is 52.3 Å². The average Bonchev–Trinajstić information content (AvgIpc) is 2.60. The number of fused-ring (bicyclic) bond motifs is 1. The number of hydrogen-bond donors (Lipinski definition) is 1. The molecule has 1 N–H and O–H groups in total. The van der Waals surface area contributed by atoms with E-state index in [9.17, 15) is 16.8 Å². The number of hydrogen-bond acceptors (Lipinski definition) is 4. The lowest BCUT2D eigenvalue weighted by atomic mass is 9.89. The fourth-order valence-electron chi connectivity index (χ4n) is 3.26. The Bertz CT molecular complexity index is 1010. The van der Waals surface area contributed by atoms with Gasteiger partial charge in [-0.05, 0) is 73.6 Å². The second kappa shape index (κ2) is 7.13. The van der Waals surface area contributed by atoms with Gasteiger partial charge in [-0.1, -0.05) is 18.2 Å². The summed E-state index contributed by atoms with van der Waals surface area (Å²) in [5.41, 5.74) is 3.59. The van der Waals surface area contributed by atoms with Gasteiger partial charge in [0.05, 0.1) is 9.79 Å². The van der Waals surface area contributed by atoms with Crippen LogP contribution in [0.5, 0.6) is 0 Å². The molecule has 0 aliphatic heterocycles. The zero-order valence-corrected chi connectivity index (χ0v) is 16.5. The SMILES string of the molecule is C[C@H](NS(=O)(=O)c1ccc(S(C)(=O)=O)cc1)c1ccc2c(c1)CCCC2. The predicted molar refractivity (Wildman–Crippen MR) is 101 cm³/mol. The average molecular weight is 394 g/mol. The van der Waals surface area contributed by atoms with Gasteiger partial charge in [-0.25, -0.2) is 21.6 Å². The second-order valence-electron chi connectivity index (χ2n) is 6.82. The van der Waals surface area contributed by atoms with Crippen molar-refractivity contribution in [1.82, 2.24) is 4.72 Å². The summed E-state index contributed by atoms with van der Waals surface area (Å²) < 4.78 is 50.9. The van der Waals surface area contributed by atoms with Crippen LogP contribution in [0.25, 0.3) is 0 Å². The van der Waals surface area contributed by atoms with Crippen molar-refractivity contribution < 1.29 is 16.8 Å². The topological polar surface area (TPSA) is 80.3 Å². The van der Waals surface area contributed by atoms with Crippen molar-refractivity contribution in [1.29, 1.82) is 0 Å². The van der Waals surface area contributed by atoms with E-state index in [1.165, 1.54) is 48.2 Å². The third-order valence-corrected chi connectivity index (χ3v) is 7.45.